The lowest BCUT2D eigenvalue weighted by Gasteiger charge is -2.20. The number of hydrogen-bond acceptors (Lipinski definition) is 36. The normalized spacial score (nSPS) is 27.2. The molecule has 0 amide bonds. The van der Waals surface area contributed by atoms with Gasteiger partial charge in [-0.05, 0) is 190 Å². The Balaban J connectivity index is 0.000000150. The number of hydrogen-bond donors (Lipinski definition) is 17. The van der Waals surface area contributed by atoms with Crippen molar-refractivity contribution in [1.29, 1.82) is 0 Å². The van der Waals surface area contributed by atoms with E-state index in [1.807, 2.05) is 20.8 Å². The number of fused-ring (bicyclic) bond motifs is 6. The molecular weight excluding hydrogens is 2140 g/mol. The van der Waals surface area contributed by atoms with Gasteiger partial charge in [0, 0.05) is 26.1 Å². The zero-order valence-electron chi connectivity index (χ0n) is 88.1. The maximum Gasteiger partial charge on any atom is 0.280 e. The number of aromatic amines is 6. The second-order valence-corrected chi connectivity index (χ2v) is 70.6. The van der Waals surface area contributed by atoms with Crippen molar-refractivity contribution in [2.45, 2.75) is 226 Å². The number of ether oxygens (including phenoxy) is 7. The fourth-order valence-electron chi connectivity index (χ4n) is 18.1. The third-order valence-electron chi connectivity index (χ3n) is 26.1. The van der Waals surface area contributed by atoms with Crippen molar-refractivity contribution in [3.63, 3.8) is 0 Å². The van der Waals surface area contributed by atoms with Gasteiger partial charge in [0.25, 0.3) is 33.4 Å². The lowest BCUT2D eigenvalue weighted by Crippen LogP contribution is -2.33. The highest BCUT2D eigenvalue weighted by molar-refractivity contribution is 9.09. The Morgan fingerprint density at radius 3 is 1.01 bits per heavy atom. The van der Waals surface area contributed by atoms with Crippen LogP contribution in [0.1, 0.15) is 121 Å². The summed E-state index contributed by atoms with van der Waals surface area (Å²) in [6, 6.07) is 0. The largest absolute Gasteiger partial charge is 0.390 e. The summed E-state index contributed by atoms with van der Waals surface area (Å²) in [4.78, 5) is 138. The van der Waals surface area contributed by atoms with Gasteiger partial charge in [-0.25, -0.2) is 44.9 Å². The molecular formula is C94H147BrClN27O21P6. The van der Waals surface area contributed by atoms with Gasteiger partial charge in [-0.15, -0.1) is 90.7 Å². The highest BCUT2D eigenvalue weighted by Crippen LogP contribution is 2.48. The molecule has 12 aromatic heterocycles. The average molecular weight is 2290 g/mol. The summed E-state index contributed by atoms with van der Waals surface area (Å²) >= 11 is 9.90. The van der Waals surface area contributed by atoms with Gasteiger partial charge in [0.15, 0.2) is 98.1 Å². The number of aliphatic hydroxyl groups is 8. The first kappa shape index (κ1) is 119. The van der Waals surface area contributed by atoms with Crippen LogP contribution in [0.4, 0.5) is 17.8 Å². The number of anilines is 3. The lowest BCUT2D eigenvalue weighted by molar-refractivity contribution is -0.0496. The highest BCUT2D eigenvalue weighted by Gasteiger charge is 2.51. The number of H-pyrrole nitrogens is 6. The first-order chi connectivity index (χ1) is 70.1. The number of methoxy groups -OCH3 is 1. The standard InChI is InChI=1S/C17H28N5O4P.C16H26N5O4P.C16H25N4O4P.C16H25N4O3P.C15H22BrN4O3P.C14H21ClN5O3P/c1-5-7-18-17-20-14-11(15(25)21-17)19-9-22(14)16-13(24)12(23)10(26-16)6-8-27(2,3)4;1-5-17-16-19-13-10(14(24)20-16)18-8-21(13)15-12(23)11(22)9(25-15)6-7-26(2,3)4;1-9-18-14-11(15(22)19-9)17-8-20(14)16-13(23-2)12(21)10(24-16)6-7-25(3,4)5;1-9-13(21)11(6-7-24(3,4)5)23-16(9)20-8-17-12-14(20)18-10(2)19-15(12)22;1-8-18-13-11(14(22)19-8)17-7-20(13)15-10(16)12(21)9(23-15)5-6-24(2,3)4;1-24(2,3)5-4-7-10(21)8(15)13(23-7)20-6-17-9-11(20)18-14(16)19-12(9)22/h9-10,12-13,16,23-24H,2,5-8H2,1,3-4H3,(H2,18,20,21,25);8-9,11-12,15,22-23H,2,5-7H2,1,3-4H3,(H2,17,19,20,24);8,10,12-13,16,21H,3,6-7H2,1-2,4-5H3,(H,18,19,22);8-9,11,13,16,21H,3,6-7H2,1-2,4-5H3,(H,18,19,22);7,9-10,12,15,21H,2,5-6H2,1,3-4H3,(H,18,19,22);6-8,10,13,21H,1,4-5H2,2-3H3,(H3,16,18,19,22)/t10-,12-,13-,16?;9-,11-,12-,15?;10-,12-,13-,16?;9-,11-,13+,16?;9-,10-,12-,15?;7-,8-,10-,13?/m111111/s1. The molecule has 0 radical (unpaired) electrons. The molecule has 18 heterocycles. The smallest absolute Gasteiger partial charge is 0.280 e. The fraction of sp³-hybridized carbons (Fsp3) is 0.617. The summed E-state index contributed by atoms with van der Waals surface area (Å²) in [6.07, 6.45) is 30.8. The number of halogens is 2. The number of nitrogen functional groups attached to an aromatic ring is 1. The molecule has 0 saturated carbocycles. The molecule has 0 aliphatic carbocycles. The Kier molecular flexibility index (Phi) is 38.3. The van der Waals surface area contributed by atoms with Gasteiger partial charge in [0.2, 0.25) is 17.8 Å². The Labute approximate surface area is 879 Å². The Morgan fingerprint density at radius 2 is 0.647 bits per heavy atom. The Hall–Kier alpha value is -8.53. The van der Waals surface area contributed by atoms with Crippen LogP contribution >= 0.6 is 68.8 Å². The molecule has 6 aliphatic rings. The topological polar surface area (TPSA) is 658 Å². The molecule has 150 heavy (non-hydrogen) atoms. The van der Waals surface area contributed by atoms with Gasteiger partial charge in [-0.3, -0.25) is 71.1 Å². The maximum atomic E-state index is 12.2. The van der Waals surface area contributed by atoms with E-state index in [4.69, 9.17) is 50.5 Å². The molecule has 18 rings (SSSR count). The average Bonchev–Trinajstić information content (AvgIpc) is 1.64. The SMILES string of the molecule is C=P(C)(C)CC[C@H]1OC(n2cnc3c(=O)[nH]c(C)nc32)[C@H](Br)[C@@H]1O.C=P(C)(C)CC[C@H]1OC(n2cnc3c(=O)[nH]c(C)nc32)[C@H](C)[C@@H]1O.C=P(C)(C)CC[C@H]1OC(n2cnc3c(=O)[nH]c(C)nc32)[C@H](OC)[C@@H]1O.C=P(C)(C)CC[C@H]1OC(n2cnc3c(=O)[nH]c(N)nc32)[C@H](Cl)[C@@H]1O.C=P(C)(C)CC[C@H]1OC(n2cnc3c(=O)[nH]c(NCC)nc32)[C@H](O)[C@@H]1O.C=P(C)(C)CC[C@H]1OC(n2cnc3c(=O)[nH]c(NCCC)nc32)[C@H](O)[C@@H]1O. The van der Waals surface area contributed by atoms with Crippen LogP contribution in [-0.4, -0.2) is 435 Å². The van der Waals surface area contributed by atoms with Gasteiger partial charge in [0.05, 0.1) is 91.6 Å². The summed E-state index contributed by atoms with van der Waals surface area (Å²) in [6.45, 7) is 30.7. The van der Waals surface area contributed by atoms with Gasteiger partial charge < -0.3 is 105 Å². The third kappa shape index (κ3) is 28.5. The summed E-state index contributed by atoms with van der Waals surface area (Å²) < 4.78 is 51.3. The van der Waals surface area contributed by atoms with Gasteiger partial charge >= 0.3 is 0 Å². The van der Waals surface area contributed by atoms with Crippen molar-refractivity contribution >= 4 is 191 Å². The molecule has 18 N–H and O–H groups in total. The van der Waals surface area contributed by atoms with Crippen molar-refractivity contribution in [3.05, 3.63) is 118 Å². The molecule has 6 saturated heterocycles. The van der Waals surface area contributed by atoms with Crippen LogP contribution in [0, 0.1) is 26.7 Å². The molecule has 6 unspecified atom stereocenters. The molecule has 0 aromatic carbocycles. The van der Waals surface area contributed by atoms with Crippen LogP contribution in [0.3, 0.4) is 0 Å². The molecule has 828 valence electrons. The number of alkyl halides is 2. The third-order valence-corrected chi connectivity index (χ3v) is 36.4. The minimum atomic E-state index is -1.27. The number of aromatic nitrogens is 24. The van der Waals surface area contributed by atoms with E-state index in [-0.39, 0.29) is 102 Å². The molecule has 48 nitrogen and oxygen atoms in total. The first-order valence-corrected chi connectivity index (χ1v) is 69.0. The van der Waals surface area contributed by atoms with Crippen LogP contribution in [0.15, 0.2) is 66.7 Å². The molecule has 56 heteroatoms. The number of rotatable bonds is 30. The van der Waals surface area contributed by atoms with Crippen molar-refractivity contribution in [3.8, 4) is 0 Å². The van der Waals surface area contributed by atoms with Gasteiger partial charge in [0.1, 0.15) is 71.8 Å². The van der Waals surface area contributed by atoms with Crippen LogP contribution in [-0.2, 0) is 33.2 Å². The van der Waals surface area contributed by atoms with E-state index in [1.54, 1.807) is 51.7 Å². The summed E-state index contributed by atoms with van der Waals surface area (Å²) in [5, 5.41) is 89.1. The Bertz CT molecular complexity index is 7140. The number of imidazole rings is 6. The predicted molar refractivity (Wildman–Crippen MR) is 607 cm³/mol. The fourth-order valence-corrected chi connectivity index (χ4v) is 24.9. The molecule has 24 atom stereocenters. The van der Waals surface area contributed by atoms with Crippen LogP contribution in [0.5, 0.6) is 0 Å². The van der Waals surface area contributed by atoms with Gasteiger partial charge in [-0.2, -0.15) is 15.0 Å². The number of nitrogens with two attached hydrogens (primary N) is 1. The summed E-state index contributed by atoms with van der Waals surface area (Å²) in [5.74, 6) is 2.06. The van der Waals surface area contributed by atoms with E-state index >= 15 is 0 Å². The van der Waals surface area contributed by atoms with E-state index in [0.717, 1.165) is 56.2 Å². The van der Waals surface area contributed by atoms with Crippen molar-refractivity contribution in [2.24, 2.45) is 5.92 Å². The van der Waals surface area contributed by atoms with E-state index in [9.17, 15) is 69.6 Å². The van der Waals surface area contributed by atoms with E-state index in [2.05, 4.69) is 234 Å². The van der Waals surface area contributed by atoms with E-state index < -0.39 is 157 Å². The minimum absolute atomic E-state index is 0.0147. The molecule has 6 aliphatic heterocycles. The number of nitrogens with one attached hydrogen (secondary N) is 8. The number of aliphatic hydroxyl groups excluding tert-OH is 8. The number of nitrogens with zero attached hydrogens (tertiary/aromatic N) is 18. The molecule has 12 aromatic rings. The van der Waals surface area contributed by atoms with Crippen molar-refractivity contribution < 1.29 is 74.0 Å². The first-order valence-electron chi connectivity index (χ1n) is 49.3. The van der Waals surface area contributed by atoms with Crippen LogP contribution < -0.4 is 49.7 Å². The summed E-state index contributed by atoms with van der Waals surface area (Å²) in [5.41, 5.74) is 7.13. The van der Waals surface area contributed by atoms with E-state index in [0.29, 0.717) is 102 Å². The van der Waals surface area contributed by atoms with Crippen molar-refractivity contribution in [1.82, 2.24) is 117 Å². The van der Waals surface area contributed by atoms with E-state index in [1.165, 1.54) is 41.6 Å². The molecule has 0 bridgehead atoms. The monoisotopic (exact) mass is 2290 g/mol. The summed E-state index contributed by atoms with van der Waals surface area (Å²) in [7, 11) is 1.54. The van der Waals surface area contributed by atoms with Crippen LogP contribution in [0.25, 0.3) is 67.0 Å². The minimum Gasteiger partial charge on any atom is -0.390 e. The predicted octanol–water partition coefficient (Wildman–Crippen LogP) is 5.37. The zero-order valence-corrected chi connectivity index (χ0v) is 95.8. The second-order valence-electron chi connectivity index (χ2n) is 43.1. The second kappa shape index (κ2) is 48.5. The highest BCUT2D eigenvalue weighted by atomic mass is 79.9. The quantitative estimate of drug-likeness (QED) is 0.0199. The molecule has 0 spiro atoms. The maximum absolute atomic E-state index is 12.2. The van der Waals surface area contributed by atoms with Gasteiger partial charge in [-0.1, -0.05) is 29.8 Å². The number of aryl methyl sites for hydroxylation is 3. The lowest BCUT2D eigenvalue weighted by atomic mass is 10.0. The molecule has 6 fully saturated rings. The zero-order chi connectivity index (χ0) is 110. The van der Waals surface area contributed by atoms with Crippen molar-refractivity contribution in [2.75, 3.05) is 154 Å². The van der Waals surface area contributed by atoms with Crippen LogP contribution in [0.2, 0.25) is 0 Å². The Morgan fingerprint density at radius 1 is 0.373 bits per heavy atom.